The van der Waals surface area contributed by atoms with Gasteiger partial charge >= 0.3 is 0 Å². The second-order valence-corrected chi connectivity index (χ2v) is 7.82. The van der Waals surface area contributed by atoms with E-state index in [9.17, 15) is 14.9 Å². The first kappa shape index (κ1) is 21.4. The van der Waals surface area contributed by atoms with Crippen molar-refractivity contribution in [1.29, 1.82) is 0 Å². The lowest BCUT2D eigenvalue weighted by Gasteiger charge is -2.20. The molecule has 0 fully saturated rings. The van der Waals surface area contributed by atoms with Crippen LogP contribution in [0.3, 0.4) is 0 Å². The van der Waals surface area contributed by atoms with E-state index >= 15 is 0 Å². The molecule has 156 valence electrons. The third-order valence-corrected chi connectivity index (χ3v) is 5.41. The number of nitrogens with zero attached hydrogens (tertiary/aromatic N) is 4. The SMILES string of the molecule is COc1ccc2sc(N(CCN(C)C)C(=O)/C=C/c3cccc([N+](=O)[O-])c3)nc2c1. The van der Waals surface area contributed by atoms with E-state index in [1.54, 1.807) is 30.2 Å². The van der Waals surface area contributed by atoms with E-state index in [4.69, 9.17) is 4.74 Å². The molecule has 0 bridgehead atoms. The van der Waals surface area contributed by atoms with Crippen LogP contribution >= 0.6 is 11.3 Å². The van der Waals surface area contributed by atoms with Crippen LogP contribution in [0.4, 0.5) is 10.8 Å². The predicted molar refractivity (Wildman–Crippen MR) is 119 cm³/mol. The van der Waals surface area contributed by atoms with Gasteiger partial charge in [0.05, 0.1) is 22.2 Å². The Labute approximate surface area is 178 Å². The van der Waals surface area contributed by atoms with Gasteiger partial charge in [0, 0.05) is 37.4 Å². The number of methoxy groups -OCH3 is 1. The summed E-state index contributed by atoms with van der Waals surface area (Å²) in [4.78, 5) is 31.7. The Morgan fingerprint density at radius 1 is 1.23 bits per heavy atom. The highest BCUT2D eigenvalue weighted by molar-refractivity contribution is 7.22. The van der Waals surface area contributed by atoms with Crippen LogP contribution in [0.5, 0.6) is 5.75 Å². The third-order valence-electron chi connectivity index (χ3n) is 4.35. The Kier molecular flexibility index (Phi) is 6.76. The molecule has 0 spiro atoms. The topological polar surface area (TPSA) is 88.8 Å². The maximum atomic E-state index is 13.0. The highest BCUT2D eigenvalue weighted by Crippen LogP contribution is 2.31. The molecule has 0 aliphatic carbocycles. The average Bonchev–Trinajstić information content (AvgIpc) is 3.15. The molecule has 3 rings (SSSR count). The highest BCUT2D eigenvalue weighted by atomic mass is 32.1. The normalized spacial score (nSPS) is 11.3. The summed E-state index contributed by atoms with van der Waals surface area (Å²) < 4.78 is 6.21. The Morgan fingerprint density at radius 3 is 2.73 bits per heavy atom. The molecule has 1 amide bonds. The van der Waals surface area contributed by atoms with Crippen molar-refractivity contribution in [3.8, 4) is 5.75 Å². The van der Waals surface area contributed by atoms with Crippen molar-refractivity contribution in [3.05, 3.63) is 64.2 Å². The molecule has 0 aliphatic heterocycles. The van der Waals surface area contributed by atoms with Gasteiger partial charge < -0.3 is 9.64 Å². The molecule has 30 heavy (non-hydrogen) atoms. The Balaban J connectivity index is 1.88. The van der Waals surface area contributed by atoms with Crippen molar-refractivity contribution in [2.75, 3.05) is 39.2 Å². The number of aromatic nitrogens is 1. The smallest absolute Gasteiger partial charge is 0.270 e. The molecular formula is C21H22N4O4S. The van der Waals surface area contributed by atoms with Crippen LogP contribution in [0.1, 0.15) is 5.56 Å². The van der Waals surface area contributed by atoms with Gasteiger partial charge in [0.25, 0.3) is 11.6 Å². The number of thiazole rings is 1. The molecule has 9 heteroatoms. The van der Waals surface area contributed by atoms with Crippen LogP contribution < -0.4 is 9.64 Å². The fourth-order valence-electron chi connectivity index (χ4n) is 2.74. The van der Waals surface area contributed by atoms with Gasteiger partial charge in [-0.05, 0) is 37.9 Å². The number of carbonyl (C=O) groups excluding carboxylic acids is 1. The lowest BCUT2D eigenvalue weighted by atomic mass is 10.2. The quantitative estimate of drug-likeness (QED) is 0.309. The van der Waals surface area contributed by atoms with E-state index in [0.29, 0.717) is 29.5 Å². The van der Waals surface area contributed by atoms with Gasteiger partial charge in [-0.15, -0.1) is 0 Å². The number of hydrogen-bond donors (Lipinski definition) is 0. The lowest BCUT2D eigenvalue weighted by molar-refractivity contribution is -0.384. The number of fused-ring (bicyclic) bond motifs is 1. The van der Waals surface area contributed by atoms with Crippen molar-refractivity contribution in [2.24, 2.45) is 0 Å². The molecule has 0 atom stereocenters. The summed E-state index contributed by atoms with van der Waals surface area (Å²) >= 11 is 1.43. The predicted octanol–water partition coefficient (Wildman–Crippen LogP) is 3.82. The summed E-state index contributed by atoms with van der Waals surface area (Å²) in [5, 5.41) is 11.5. The molecule has 8 nitrogen and oxygen atoms in total. The number of anilines is 1. The van der Waals surface area contributed by atoms with E-state index < -0.39 is 4.92 Å². The summed E-state index contributed by atoms with van der Waals surface area (Å²) in [6.07, 6.45) is 3.00. The van der Waals surface area contributed by atoms with Gasteiger partial charge in [-0.3, -0.25) is 19.8 Å². The molecule has 3 aromatic rings. The van der Waals surface area contributed by atoms with E-state index in [1.165, 1.54) is 29.5 Å². The Hall–Kier alpha value is -3.30. The first-order chi connectivity index (χ1) is 14.4. The highest BCUT2D eigenvalue weighted by Gasteiger charge is 2.18. The first-order valence-electron chi connectivity index (χ1n) is 9.20. The van der Waals surface area contributed by atoms with Gasteiger partial charge in [-0.2, -0.15) is 0 Å². The fourth-order valence-corrected chi connectivity index (χ4v) is 3.71. The molecule has 0 saturated carbocycles. The van der Waals surface area contributed by atoms with Crippen molar-refractivity contribution in [3.63, 3.8) is 0 Å². The maximum Gasteiger partial charge on any atom is 0.270 e. The maximum absolute atomic E-state index is 13.0. The second kappa shape index (κ2) is 9.47. The molecule has 0 radical (unpaired) electrons. The Bertz CT molecular complexity index is 1090. The minimum Gasteiger partial charge on any atom is -0.497 e. The summed E-state index contributed by atoms with van der Waals surface area (Å²) in [6.45, 7) is 1.12. The first-order valence-corrected chi connectivity index (χ1v) is 10.0. The van der Waals surface area contributed by atoms with Crippen LogP contribution in [-0.2, 0) is 4.79 Å². The number of non-ortho nitro benzene ring substituents is 1. The molecular weight excluding hydrogens is 404 g/mol. The molecule has 1 heterocycles. The summed E-state index contributed by atoms with van der Waals surface area (Å²) in [7, 11) is 5.47. The standard InChI is InChI=1S/C21H22N4O4S/c1-23(2)11-12-24(21-22-18-14-17(29-3)8-9-19(18)30-21)20(26)10-7-15-5-4-6-16(13-15)25(27)28/h4-10,13-14H,11-12H2,1-3H3/b10-7+. The van der Waals surface area contributed by atoms with Crippen LogP contribution in [0.25, 0.3) is 16.3 Å². The number of ether oxygens (including phenoxy) is 1. The largest absolute Gasteiger partial charge is 0.497 e. The number of rotatable bonds is 8. The summed E-state index contributed by atoms with van der Waals surface area (Å²) in [5.41, 5.74) is 1.33. The minimum absolute atomic E-state index is 0.0193. The van der Waals surface area contributed by atoms with E-state index in [2.05, 4.69) is 4.98 Å². The number of nitro groups is 1. The third kappa shape index (κ3) is 5.19. The molecule has 2 aromatic carbocycles. The van der Waals surface area contributed by atoms with Crippen LogP contribution in [0, 0.1) is 10.1 Å². The number of hydrogen-bond acceptors (Lipinski definition) is 7. The van der Waals surface area contributed by atoms with Gasteiger partial charge in [0.15, 0.2) is 5.13 Å². The van der Waals surface area contributed by atoms with E-state index in [0.717, 1.165) is 10.2 Å². The van der Waals surface area contributed by atoms with Gasteiger partial charge in [-0.25, -0.2) is 4.98 Å². The number of benzene rings is 2. The van der Waals surface area contributed by atoms with Gasteiger partial charge in [0.2, 0.25) is 0 Å². The van der Waals surface area contributed by atoms with Crippen molar-refractivity contribution >= 4 is 44.4 Å². The number of amides is 1. The molecule has 0 aliphatic rings. The van der Waals surface area contributed by atoms with Crippen LogP contribution in [0.15, 0.2) is 48.5 Å². The molecule has 0 N–H and O–H groups in total. The molecule has 0 unspecified atom stereocenters. The monoisotopic (exact) mass is 426 g/mol. The summed E-state index contributed by atoms with van der Waals surface area (Å²) in [6, 6.07) is 11.8. The lowest BCUT2D eigenvalue weighted by Crippen LogP contribution is -2.35. The van der Waals surface area contributed by atoms with Gasteiger partial charge in [-0.1, -0.05) is 23.5 Å². The zero-order valence-electron chi connectivity index (χ0n) is 16.9. The number of carbonyl (C=O) groups is 1. The fraction of sp³-hybridized carbons (Fsp3) is 0.238. The number of nitro benzene ring substituents is 1. The van der Waals surface area contributed by atoms with Crippen molar-refractivity contribution in [2.45, 2.75) is 0 Å². The summed E-state index contributed by atoms with van der Waals surface area (Å²) in [5.74, 6) is 0.463. The minimum atomic E-state index is -0.460. The average molecular weight is 426 g/mol. The van der Waals surface area contributed by atoms with Crippen molar-refractivity contribution in [1.82, 2.24) is 9.88 Å². The van der Waals surface area contributed by atoms with Gasteiger partial charge in [0.1, 0.15) is 5.75 Å². The van der Waals surface area contributed by atoms with E-state index in [-0.39, 0.29) is 11.6 Å². The van der Waals surface area contributed by atoms with E-state index in [1.807, 2.05) is 37.2 Å². The van der Waals surface area contributed by atoms with Crippen LogP contribution in [-0.4, -0.2) is 55.0 Å². The second-order valence-electron chi connectivity index (χ2n) is 6.81. The zero-order valence-corrected chi connectivity index (χ0v) is 17.8. The number of likely N-dealkylation sites (N-methyl/N-ethyl adjacent to an activating group) is 1. The molecule has 1 aromatic heterocycles. The van der Waals surface area contributed by atoms with Crippen LogP contribution in [0.2, 0.25) is 0 Å². The zero-order chi connectivity index (χ0) is 21.7. The van der Waals surface area contributed by atoms with Crippen molar-refractivity contribution < 1.29 is 14.5 Å². The Morgan fingerprint density at radius 2 is 2.03 bits per heavy atom. The molecule has 0 saturated heterocycles.